The van der Waals surface area contributed by atoms with Gasteiger partial charge in [-0.25, -0.2) is 0 Å². The average Bonchev–Trinajstić information content (AvgIpc) is 3.34. The minimum Gasteiger partial charge on any atom is -0.497 e. The first-order valence-corrected chi connectivity index (χ1v) is 20.2. The number of para-hydroxylation sites is 1. The number of aromatic nitrogens is 1. The van der Waals surface area contributed by atoms with E-state index in [0.29, 0.717) is 0 Å². The van der Waals surface area contributed by atoms with Gasteiger partial charge in [-0.2, -0.15) is 0 Å². The van der Waals surface area contributed by atoms with Crippen molar-refractivity contribution < 1.29 is 9.47 Å². The Morgan fingerprint density at radius 2 is 0.854 bits per heavy atom. The minimum absolute atomic E-state index is 0.899. The van der Waals surface area contributed by atoms with Gasteiger partial charge in [-0.05, 0) is 48.5 Å². The monoisotopic (exact) mass is 571 g/mol. The molecule has 6 aromatic rings. The number of benzene rings is 5. The van der Waals surface area contributed by atoms with E-state index < -0.39 is 16.1 Å². The summed E-state index contributed by atoms with van der Waals surface area (Å²) >= 11 is 0. The average molecular weight is 572 g/mol. The van der Waals surface area contributed by atoms with E-state index in [0.717, 1.165) is 11.5 Å². The lowest BCUT2D eigenvalue weighted by atomic mass is 10.1. The van der Waals surface area contributed by atoms with Crippen molar-refractivity contribution in [2.24, 2.45) is 0 Å². The fourth-order valence-corrected chi connectivity index (χ4v) is 10.7. The van der Waals surface area contributed by atoms with Crippen molar-refractivity contribution in [3.8, 4) is 17.2 Å². The topological polar surface area (TPSA) is 23.4 Å². The molecule has 0 amide bonds. The number of methoxy groups -OCH3 is 2. The van der Waals surface area contributed by atoms with Crippen LogP contribution in [0.15, 0.2) is 115 Å². The Morgan fingerprint density at radius 1 is 0.463 bits per heavy atom. The molecule has 5 heteroatoms. The summed E-state index contributed by atoms with van der Waals surface area (Å²) in [5, 5.41) is 8.30. The molecule has 206 valence electrons. The molecule has 0 aliphatic carbocycles. The predicted octanol–water partition coefficient (Wildman–Crippen LogP) is 6.45. The molecule has 3 nitrogen and oxygen atoms in total. The number of hydrogen-bond acceptors (Lipinski definition) is 2. The highest BCUT2D eigenvalue weighted by Gasteiger charge is 2.29. The summed E-state index contributed by atoms with van der Waals surface area (Å²) in [6, 6.07) is 42.3. The largest absolute Gasteiger partial charge is 0.497 e. The van der Waals surface area contributed by atoms with E-state index in [9.17, 15) is 0 Å². The van der Waals surface area contributed by atoms with Crippen LogP contribution in [0.5, 0.6) is 11.5 Å². The van der Waals surface area contributed by atoms with E-state index in [4.69, 9.17) is 9.47 Å². The van der Waals surface area contributed by atoms with Crippen LogP contribution < -0.4 is 30.2 Å². The summed E-state index contributed by atoms with van der Waals surface area (Å²) in [4.78, 5) is 0. The van der Waals surface area contributed by atoms with Crippen molar-refractivity contribution >= 4 is 58.7 Å². The number of fused-ring (bicyclic) bond motifs is 3. The number of rotatable bonds is 7. The lowest BCUT2D eigenvalue weighted by Crippen LogP contribution is -2.52. The first kappa shape index (κ1) is 27.1. The van der Waals surface area contributed by atoms with Gasteiger partial charge in [0.2, 0.25) is 0 Å². The molecule has 0 atom stereocenters. The first-order chi connectivity index (χ1) is 19.7. The second-order valence-corrected chi connectivity index (χ2v) is 20.7. The van der Waals surface area contributed by atoms with E-state index in [1.807, 2.05) is 0 Å². The van der Waals surface area contributed by atoms with Crippen LogP contribution in [0.25, 0.3) is 27.5 Å². The van der Waals surface area contributed by atoms with Crippen LogP contribution in [0.4, 0.5) is 0 Å². The van der Waals surface area contributed by atoms with E-state index in [-0.39, 0.29) is 0 Å². The molecule has 41 heavy (non-hydrogen) atoms. The zero-order valence-electron chi connectivity index (χ0n) is 24.7. The van der Waals surface area contributed by atoms with Gasteiger partial charge in [-0.1, -0.05) is 114 Å². The smallest absolute Gasteiger partial charge is 0.118 e. The maximum Gasteiger partial charge on any atom is 0.118 e. The number of hydrogen-bond donors (Lipinski definition) is 0. The third-order valence-corrected chi connectivity index (χ3v) is 15.9. The Hall–Kier alpha value is -4.07. The molecular weight excluding hydrogens is 535 g/mol. The zero-order valence-corrected chi connectivity index (χ0v) is 26.7. The summed E-state index contributed by atoms with van der Waals surface area (Å²) < 4.78 is 13.3. The van der Waals surface area contributed by atoms with Crippen LogP contribution in [0.1, 0.15) is 0 Å². The van der Waals surface area contributed by atoms with E-state index in [1.165, 1.54) is 48.2 Å². The van der Waals surface area contributed by atoms with Gasteiger partial charge in [0.05, 0.1) is 25.3 Å². The van der Waals surface area contributed by atoms with Gasteiger partial charge in [0.25, 0.3) is 0 Å². The normalized spacial score (nSPS) is 12.1. The summed E-state index contributed by atoms with van der Waals surface area (Å²) in [6.07, 6.45) is 0. The van der Waals surface area contributed by atoms with Gasteiger partial charge in [0.1, 0.15) is 27.6 Å². The maximum absolute atomic E-state index is 5.43. The highest BCUT2D eigenvalue weighted by molar-refractivity contribution is 7.01. The van der Waals surface area contributed by atoms with Crippen molar-refractivity contribution in [1.82, 2.24) is 4.57 Å². The Labute approximate surface area is 245 Å². The van der Waals surface area contributed by atoms with Crippen LogP contribution in [0.2, 0.25) is 26.2 Å². The van der Waals surface area contributed by atoms with Crippen LogP contribution >= 0.6 is 0 Å². The van der Waals surface area contributed by atoms with Gasteiger partial charge in [-0.15, -0.1) is 0 Å². The molecule has 0 N–H and O–H groups in total. The van der Waals surface area contributed by atoms with E-state index in [2.05, 4.69) is 146 Å². The van der Waals surface area contributed by atoms with Crippen LogP contribution in [0.3, 0.4) is 0 Å². The molecule has 0 saturated heterocycles. The Kier molecular flexibility index (Phi) is 6.88. The number of nitrogens with zero attached hydrogens (tertiary/aromatic N) is 1. The van der Waals surface area contributed by atoms with Crippen molar-refractivity contribution in [1.29, 1.82) is 0 Å². The van der Waals surface area contributed by atoms with Crippen molar-refractivity contribution in [2.75, 3.05) is 14.2 Å². The zero-order chi connectivity index (χ0) is 28.8. The van der Waals surface area contributed by atoms with Gasteiger partial charge in [-0.3, -0.25) is 0 Å². The molecule has 0 bridgehead atoms. The molecule has 0 radical (unpaired) electrons. The molecule has 1 aromatic heterocycles. The molecule has 0 fully saturated rings. The molecule has 0 unspecified atom stereocenters. The molecule has 5 aromatic carbocycles. The maximum atomic E-state index is 5.43. The minimum atomic E-state index is -1.95. The summed E-state index contributed by atoms with van der Waals surface area (Å²) in [5.74, 6) is 1.80. The second kappa shape index (κ2) is 10.4. The third-order valence-electron chi connectivity index (χ3n) is 8.85. The Balaban J connectivity index is 1.56. The third kappa shape index (κ3) is 4.69. The van der Waals surface area contributed by atoms with Gasteiger partial charge >= 0.3 is 0 Å². The van der Waals surface area contributed by atoms with Crippen LogP contribution in [0, 0.1) is 0 Å². The summed E-state index contributed by atoms with van der Waals surface area (Å²) in [6.45, 7) is 9.77. The quantitative estimate of drug-likeness (QED) is 0.206. The lowest BCUT2D eigenvalue weighted by Gasteiger charge is -2.24. The molecule has 1 heterocycles. The Morgan fingerprint density at radius 3 is 1.24 bits per heavy atom. The molecule has 0 spiro atoms. The highest BCUT2D eigenvalue weighted by Crippen LogP contribution is 2.32. The van der Waals surface area contributed by atoms with E-state index >= 15 is 0 Å². The molecule has 0 aliphatic rings. The Bertz CT molecular complexity index is 1720. The van der Waals surface area contributed by atoms with Crippen LogP contribution in [-0.2, 0) is 0 Å². The first-order valence-electron chi connectivity index (χ1n) is 14.2. The SMILES string of the molecule is COc1ccc([Si](C)(C)c2ccc3c(c2)c2cc([Si](C)(C)c4ccc(OC)cc4)ccc2n3-c2ccccc2)cc1. The molecule has 0 saturated carbocycles. The standard InChI is InChI=1S/C36H37NO2Si2/c1-38-27-12-16-29(17-13-27)40(3,4)31-20-22-35-33(24-31)34-25-32(41(5,6)30-18-14-28(39-2)15-19-30)21-23-36(34)37(35)26-10-8-7-9-11-26/h7-25H,1-6H3. The van der Waals surface area contributed by atoms with Gasteiger partial charge in [0.15, 0.2) is 0 Å². The lowest BCUT2D eigenvalue weighted by molar-refractivity contribution is 0.415. The fourth-order valence-electron chi connectivity index (χ4n) is 6.00. The summed E-state index contributed by atoms with van der Waals surface area (Å²) in [7, 11) is -0.445. The fraction of sp³-hybridized carbons (Fsp3) is 0.167. The second-order valence-electron chi connectivity index (χ2n) is 11.8. The number of ether oxygens (including phenoxy) is 2. The van der Waals surface area contributed by atoms with Crippen molar-refractivity contribution in [3.05, 3.63) is 115 Å². The summed E-state index contributed by atoms with van der Waals surface area (Å²) in [5.41, 5.74) is 3.68. The highest BCUT2D eigenvalue weighted by atomic mass is 28.3. The van der Waals surface area contributed by atoms with Crippen molar-refractivity contribution in [3.63, 3.8) is 0 Å². The van der Waals surface area contributed by atoms with Crippen molar-refractivity contribution in [2.45, 2.75) is 26.2 Å². The van der Waals surface area contributed by atoms with Crippen LogP contribution in [-0.4, -0.2) is 34.9 Å². The van der Waals surface area contributed by atoms with Gasteiger partial charge in [0, 0.05) is 16.5 Å². The van der Waals surface area contributed by atoms with E-state index in [1.54, 1.807) is 14.2 Å². The molecule has 6 rings (SSSR count). The van der Waals surface area contributed by atoms with Gasteiger partial charge < -0.3 is 14.0 Å². The molecule has 0 aliphatic heterocycles. The molecular formula is C36H37NO2Si2. The predicted molar refractivity (Wildman–Crippen MR) is 180 cm³/mol.